The molecule has 5 N–H and O–H groups in total. The normalized spacial score (nSPS) is 23.9. The molecule has 4 atom stereocenters. The number of phenolic OH excluding ortho intramolecular Hbond substituents is 4. The lowest BCUT2D eigenvalue weighted by Crippen LogP contribution is -2.25. The van der Waals surface area contributed by atoms with Gasteiger partial charge in [-0.15, -0.1) is 0 Å². The number of hydrogen-bond acceptors (Lipinski definition) is 5. The average molecular weight is 535 g/mol. The maximum Gasteiger partial charge on any atom is 0.123 e. The highest BCUT2D eigenvalue weighted by Gasteiger charge is 2.29. The first kappa shape index (κ1) is 31.8. The highest BCUT2D eigenvalue weighted by atomic mass is 16.3. The predicted octanol–water partition coefficient (Wildman–Crippen LogP) is 8.11. The van der Waals surface area contributed by atoms with E-state index < -0.39 is 5.60 Å². The molecular formula is C34H46O5. The summed E-state index contributed by atoms with van der Waals surface area (Å²) >= 11 is 0. The van der Waals surface area contributed by atoms with Gasteiger partial charge in [-0.05, 0) is 114 Å². The van der Waals surface area contributed by atoms with E-state index >= 15 is 0 Å². The predicted molar refractivity (Wildman–Crippen MR) is 160 cm³/mol. The van der Waals surface area contributed by atoms with Gasteiger partial charge in [0.15, 0.2) is 0 Å². The van der Waals surface area contributed by atoms with Crippen molar-refractivity contribution in [2.45, 2.75) is 78.7 Å². The van der Waals surface area contributed by atoms with Crippen molar-refractivity contribution in [3.8, 4) is 23.0 Å². The molecule has 0 spiro atoms. The largest absolute Gasteiger partial charge is 0.508 e. The summed E-state index contributed by atoms with van der Waals surface area (Å²) < 4.78 is 0. The molecule has 0 fully saturated rings. The highest BCUT2D eigenvalue weighted by molar-refractivity contribution is 5.51. The lowest BCUT2D eigenvalue weighted by Gasteiger charge is -2.31. The Morgan fingerprint density at radius 1 is 0.821 bits per heavy atom. The van der Waals surface area contributed by atoms with E-state index in [1.807, 2.05) is 33.8 Å². The summed E-state index contributed by atoms with van der Waals surface area (Å²) in [4.78, 5) is 0. The van der Waals surface area contributed by atoms with E-state index in [1.165, 1.54) is 17.2 Å². The Morgan fingerprint density at radius 3 is 1.79 bits per heavy atom. The van der Waals surface area contributed by atoms with Gasteiger partial charge >= 0.3 is 0 Å². The molecule has 5 nitrogen and oxygen atoms in total. The van der Waals surface area contributed by atoms with Gasteiger partial charge in [-0.1, -0.05) is 48.1 Å². The van der Waals surface area contributed by atoms with Gasteiger partial charge in [-0.3, -0.25) is 0 Å². The zero-order valence-electron chi connectivity index (χ0n) is 24.3. The lowest BCUT2D eigenvalue weighted by molar-refractivity contribution is 0.0903. The van der Waals surface area contributed by atoms with Crippen molar-refractivity contribution in [1.82, 2.24) is 0 Å². The lowest BCUT2D eigenvalue weighted by atomic mass is 9.74. The fraction of sp³-hybridized carbons (Fsp3) is 0.412. The topological polar surface area (TPSA) is 101 Å². The summed E-state index contributed by atoms with van der Waals surface area (Å²) in [6, 6.07) is 7.89. The first-order valence-electron chi connectivity index (χ1n) is 13.5. The van der Waals surface area contributed by atoms with E-state index in [9.17, 15) is 15.3 Å². The van der Waals surface area contributed by atoms with Crippen molar-refractivity contribution in [1.29, 1.82) is 0 Å². The van der Waals surface area contributed by atoms with Crippen LogP contribution in [0.15, 0.2) is 78.4 Å². The molecule has 0 radical (unpaired) electrons. The Morgan fingerprint density at radius 2 is 1.36 bits per heavy atom. The molecule has 0 aromatic heterocycles. The van der Waals surface area contributed by atoms with Crippen LogP contribution in [0.4, 0.5) is 0 Å². The molecule has 2 aromatic rings. The van der Waals surface area contributed by atoms with Crippen LogP contribution in [0.2, 0.25) is 0 Å². The second kappa shape index (κ2) is 13.6. The van der Waals surface area contributed by atoms with Crippen molar-refractivity contribution < 1.29 is 25.5 Å². The van der Waals surface area contributed by atoms with Gasteiger partial charge in [0.05, 0.1) is 5.60 Å². The number of aliphatic hydroxyl groups is 1. The van der Waals surface area contributed by atoms with Crippen LogP contribution in [0.5, 0.6) is 23.0 Å². The Labute approximate surface area is 234 Å². The number of hydrogen-bond donors (Lipinski definition) is 5. The maximum atomic E-state index is 10.2. The molecule has 39 heavy (non-hydrogen) atoms. The second-order valence-electron chi connectivity index (χ2n) is 11.5. The maximum absolute atomic E-state index is 10.2. The van der Waals surface area contributed by atoms with Crippen LogP contribution < -0.4 is 0 Å². The molecular weight excluding hydrogens is 488 g/mol. The Hall–Kier alpha value is -3.44. The Balaban J connectivity index is 0.000000226. The number of aryl methyl sites for hydroxylation is 2. The van der Waals surface area contributed by atoms with Crippen LogP contribution in [0.1, 0.15) is 76.0 Å². The van der Waals surface area contributed by atoms with Crippen molar-refractivity contribution in [2.24, 2.45) is 11.8 Å². The van der Waals surface area contributed by atoms with Crippen molar-refractivity contribution in [3.05, 3.63) is 95.1 Å². The molecule has 2 aliphatic carbocycles. The van der Waals surface area contributed by atoms with Crippen molar-refractivity contribution >= 4 is 0 Å². The molecule has 0 saturated heterocycles. The van der Waals surface area contributed by atoms with E-state index in [4.69, 9.17) is 10.2 Å². The van der Waals surface area contributed by atoms with Gasteiger partial charge in [-0.25, -0.2) is 0 Å². The van der Waals surface area contributed by atoms with Crippen LogP contribution in [0, 0.1) is 25.7 Å². The minimum absolute atomic E-state index is 0.0202. The number of rotatable bonds is 3. The van der Waals surface area contributed by atoms with Gasteiger partial charge in [0.2, 0.25) is 0 Å². The SMILES string of the molecule is C=C(C)[C@@H]1CCC(C)=CC1c1c(O)cc(C)cc1O.C=C(C)[C@H]1C=CC(C)(O)CC1.Cc1cc(O)cc(O)c1. The zero-order chi connectivity index (χ0) is 29.5. The summed E-state index contributed by atoms with van der Waals surface area (Å²) in [5, 5.41) is 47.6. The highest BCUT2D eigenvalue weighted by Crippen LogP contribution is 2.46. The number of aromatic hydroxyl groups is 4. The van der Waals surface area contributed by atoms with Crippen LogP contribution in [0.3, 0.4) is 0 Å². The molecule has 2 aliphatic rings. The summed E-state index contributed by atoms with van der Waals surface area (Å²) in [5.74, 6) is 1.35. The third kappa shape index (κ3) is 9.67. The number of benzene rings is 2. The number of phenols is 4. The molecule has 2 aromatic carbocycles. The van der Waals surface area contributed by atoms with E-state index in [2.05, 4.69) is 32.2 Å². The zero-order valence-corrected chi connectivity index (χ0v) is 24.3. The van der Waals surface area contributed by atoms with E-state index in [1.54, 1.807) is 31.2 Å². The smallest absolute Gasteiger partial charge is 0.123 e. The summed E-state index contributed by atoms with van der Waals surface area (Å²) in [7, 11) is 0. The van der Waals surface area contributed by atoms with Gasteiger partial charge < -0.3 is 25.5 Å². The average Bonchev–Trinajstić information content (AvgIpc) is 2.78. The summed E-state index contributed by atoms with van der Waals surface area (Å²) in [6.45, 7) is 19.6. The Kier molecular flexibility index (Phi) is 11.1. The molecule has 0 amide bonds. The molecule has 0 aliphatic heterocycles. The van der Waals surface area contributed by atoms with E-state index in [-0.39, 0.29) is 34.8 Å². The van der Waals surface area contributed by atoms with Gasteiger partial charge in [0.25, 0.3) is 0 Å². The molecule has 2 unspecified atom stereocenters. The second-order valence-corrected chi connectivity index (χ2v) is 11.5. The third-order valence-corrected chi connectivity index (χ3v) is 7.32. The van der Waals surface area contributed by atoms with E-state index in [0.717, 1.165) is 42.4 Å². The molecule has 0 bridgehead atoms. The van der Waals surface area contributed by atoms with Crippen molar-refractivity contribution in [2.75, 3.05) is 0 Å². The quantitative estimate of drug-likeness (QED) is 0.256. The molecule has 212 valence electrons. The number of allylic oxidation sites excluding steroid dienone is 5. The fourth-order valence-electron chi connectivity index (χ4n) is 5.11. The monoisotopic (exact) mass is 534 g/mol. The van der Waals surface area contributed by atoms with Crippen LogP contribution in [0.25, 0.3) is 0 Å². The van der Waals surface area contributed by atoms with Crippen LogP contribution in [-0.2, 0) is 0 Å². The molecule has 5 heteroatoms. The minimum Gasteiger partial charge on any atom is -0.508 e. The van der Waals surface area contributed by atoms with Crippen molar-refractivity contribution in [3.63, 3.8) is 0 Å². The van der Waals surface area contributed by atoms with Gasteiger partial charge in [0, 0.05) is 17.5 Å². The Bertz CT molecular complexity index is 1160. The first-order chi connectivity index (χ1) is 18.1. The molecule has 0 heterocycles. The standard InChI is InChI=1S/C17H22O2.C10H16O.C7H8O2/c1-10(2)13-6-5-11(3)7-14(13)17-15(18)8-12(4)9-16(17)19;1-8(2)9-4-6-10(3,11)7-5-9;1-5-2-6(8)4-7(9)3-5/h7-9,13-14,18-19H,1,5-6H2,2-4H3;4,6,9,11H,1,5,7H2,2-3H3;2-4,8-9H,1H3/t13-,14?;9-,10?;/m00./s1. The van der Waals surface area contributed by atoms with Crippen LogP contribution >= 0.6 is 0 Å². The fourth-order valence-corrected chi connectivity index (χ4v) is 5.11. The summed E-state index contributed by atoms with van der Waals surface area (Å²) in [5.41, 5.74) is 5.38. The van der Waals surface area contributed by atoms with Gasteiger partial charge in [0.1, 0.15) is 23.0 Å². The molecule has 0 saturated carbocycles. The van der Waals surface area contributed by atoms with Crippen LogP contribution in [-0.4, -0.2) is 31.1 Å². The summed E-state index contributed by atoms with van der Waals surface area (Å²) in [6.07, 6.45) is 10.1. The van der Waals surface area contributed by atoms with E-state index in [0.29, 0.717) is 11.5 Å². The van der Waals surface area contributed by atoms with Gasteiger partial charge in [-0.2, -0.15) is 0 Å². The third-order valence-electron chi connectivity index (χ3n) is 7.32. The molecule has 4 rings (SSSR count). The minimum atomic E-state index is -0.577. The first-order valence-corrected chi connectivity index (χ1v) is 13.5.